The van der Waals surface area contributed by atoms with Crippen LogP contribution in [-0.2, 0) is 25.8 Å². The van der Waals surface area contributed by atoms with Crippen LogP contribution < -0.4 is 0 Å². The molecule has 4 rings (SSSR count). The topological polar surface area (TPSA) is 56.6 Å². The Morgan fingerprint density at radius 1 is 1.22 bits per heavy atom. The smallest absolute Gasteiger partial charge is 0.123 e. The summed E-state index contributed by atoms with van der Waals surface area (Å²) in [7, 11) is 0. The molecule has 1 aromatic carbocycles. The van der Waals surface area contributed by atoms with E-state index in [1.807, 2.05) is 11.3 Å². The highest BCUT2D eigenvalue weighted by Crippen LogP contribution is 2.35. The van der Waals surface area contributed by atoms with Gasteiger partial charge in [0.05, 0.1) is 24.9 Å². The standard InChI is InChI=1S/C21H27FN2O2S/c22-16-7-5-15(6-8-16)11-21(14-25)13-24(10-9-19(21)26)12-20-23-17-3-1-2-4-18(17)27-20/h5-8,19,25-26H,1-4,9-14H2/t19-,21-/m0/s1. The summed E-state index contributed by atoms with van der Waals surface area (Å²) in [5.74, 6) is -0.268. The van der Waals surface area contributed by atoms with E-state index in [9.17, 15) is 14.6 Å². The van der Waals surface area contributed by atoms with Crippen LogP contribution in [0, 0.1) is 11.2 Å². The third-order valence-electron chi connectivity index (χ3n) is 6.00. The molecule has 1 fully saturated rings. The van der Waals surface area contributed by atoms with Crippen molar-refractivity contribution in [1.82, 2.24) is 9.88 Å². The molecule has 0 saturated carbocycles. The van der Waals surface area contributed by atoms with E-state index < -0.39 is 11.5 Å². The number of benzene rings is 1. The summed E-state index contributed by atoms with van der Waals surface area (Å²) in [5, 5.41) is 22.0. The number of hydrogen-bond acceptors (Lipinski definition) is 5. The van der Waals surface area contributed by atoms with Crippen molar-refractivity contribution >= 4 is 11.3 Å². The molecule has 2 heterocycles. The highest BCUT2D eigenvalue weighted by Gasteiger charge is 2.42. The molecule has 0 bridgehead atoms. The van der Waals surface area contributed by atoms with Gasteiger partial charge in [-0.2, -0.15) is 0 Å². The van der Waals surface area contributed by atoms with Crippen molar-refractivity contribution in [2.24, 2.45) is 5.41 Å². The average Bonchev–Trinajstić information content (AvgIpc) is 3.08. The number of fused-ring (bicyclic) bond motifs is 1. The predicted molar refractivity (Wildman–Crippen MR) is 104 cm³/mol. The number of aromatic nitrogens is 1. The number of hydrogen-bond donors (Lipinski definition) is 2. The van der Waals surface area contributed by atoms with E-state index in [0.29, 0.717) is 19.4 Å². The predicted octanol–water partition coefficient (Wildman–Crippen LogP) is 2.95. The van der Waals surface area contributed by atoms with Crippen molar-refractivity contribution in [2.45, 2.75) is 51.2 Å². The molecule has 0 radical (unpaired) electrons. The second kappa shape index (κ2) is 7.95. The Labute approximate surface area is 163 Å². The molecule has 1 aromatic heterocycles. The monoisotopic (exact) mass is 390 g/mol. The molecule has 1 aliphatic carbocycles. The highest BCUT2D eigenvalue weighted by molar-refractivity contribution is 7.11. The van der Waals surface area contributed by atoms with Gasteiger partial charge >= 0.3 is 0 Å². The minimum atomic E-state index is -0.618. The van der Waals surface area contributed by atoms with Gasteiger partial charge < -0.3 is 10.2 Å². The van der Waals surface area contributed by atoms with E-state index in [1.54, 1.807) is 12.1 Å². The Hall–Kier alpha value is -1.34. The highest BCUT2D eigenvalue weighted by atomic mass is 32.1. The summed E-state index contributed by atoms with van der Waals surface area (Å²) >= 11 is 1.82. The molecule has 1 saturated heterocycles. The normalized spacial score (nSPS) is 26.1. The summed E-state index contributed by atoms with van der Waals surface area (Å²) in [6, 6.07) is 6.36. The van der Waals surface area contributed by atoms with Gasteiger partial charge in [0.2, 0.25) is 0 Å². The first-order valence-corrected chi connectivity index (χ1v) is 10.6. The zero-order valence-electron chi connectivity index (χ0n) is 15.5. The van der Waals surface area contributed by atoms with Gasteiger partial charge in [0.1, 0.15) is 10.8 Å². The van der Waals surface area contributed by atoms with Crippen LogP contribution in [-0.4, -0.2) is 45.9 Å². The number of likely N-dealkylation sites (tertiary alicyclic amines) is 1. The lowest BCUT2D eigenvalue weighted by molar-refractivity contribution is -0.0768. The van der Waals surface area contributed by atoms with E-state index in [4.69, 9.17) is 4.98 Å². The second-order valence-electron chi connectivity index (χ2n) is 8.02. The van der Waals surface area contributed by atoms with Crippen LogP contribution in [0.1, 0.15) is 40.4 Å². The van der Waals surface area contributed by atoms with Crippen molar-refractivity contribution in [3.63, 3.8) is 0 Å². The van der Waals surface area contributed by atoms with Gasteiger partial charge in [0, 0.05) is 23.4 Å². The van der Waals surface area contributed by atoms with Gasteiger partial charge in [-0.05, 0) is 56.2 Å². The van der Waals surface area contributed by atoms with Crippen LogP contribution in [0.15, 0.2) is 24.3 Å². The third-order valence-corrected chi connectivity index (χ3v) is 7.14. The van der Waals surface area contributed by atoms with Gasteiger partial charge in [-0.25, -0.2) is 9.37 Å². The molecule has 1 aliphatic heterocycles. The molecule has 0 spiro atoms. The molecule has 2 aromatic rings. The lowest BCUT2D eigenvalue weighted by atomic mass is 9.73. The fraction of sp³-hybridized carbons (Fsp3) is 0.571. The molecule has 2 atom stereocenters. The number of rotatable bonds is 5. The van der Waals surface area contributed by atoms with Crippen LogP contribution >= 0.6 is 11.3 Å². The summed E-state index contributed by atoms with van der Waals surface area (Å²) in [4.78, 5) is 8.58. The Bertz CT molecular complexity index is 755. The van der Waals surface area contributed by atoms with Gasteiger partial charge in [0.25, 0.3) is 0 Å². The number of thiazole rings is 1. The number of piperidine rings is 1. The van der Waals surface area contributed by atoms with Crippen LogP contribution in [0.5, 0.6) is 0 Å². The number of aliphatic hydroxyl groups is 2. The lowest BCUT2D eigenvalue weighted by Gasteiger charge is -2.45. The average molecular weight is 391 g/mol. The quantitative estimate of drug-likeness (QED) is 0.824. The van der Waals surface area contributed by atoms with Crippen molar-refractivity contribution in [3.8, 4) is 0 Å². The molecule has 0 unspecified atom stereocenters. The zero-order chi connectivity index (χ0) is 18.9. The molecule has 146 valence electrons. The number of aliphatic hydroxyl groups excluding tert-OH is 2. The maximum Gasteiger partial charge on any atom is 0.123 e. The van der Waals surface area contributed by atoms with Crippen LogP contribution in [0.25, 0.3) is 0 Å². The number of aryl methyl sites for hydroxylation is 2. The second-order valence-corrected chi connectivity index (χ2v) is 9.19. The van der Waals surface area contributed by atoms with Crippen molar-refractivity contribution in [3.05, 3.63) is 51.2 Å². The van der Waals surface area contributed by atoms with Gasteiger partial charge in [-0.15, -0.1) is 11.3 Å². The largest absolute Gasteiger partial charge is 0.396 e. The summed E-state index contributed by atoms with van der Waals surface area (Å²) in [5.41, 5.74) is 1.60. The van der Waals surface area contributed by atoms with E-state index in [-0.39, 0.29) is 12.4 Å². The van der Waals surface area contributed by atoms with E-state index >= 15 is 0 Å². The fourth-order valence-electron chi connectivity index (χ4n) is 4.43. The molecule has 0 amide bonds. The molecular formula is C21H27FN2O2S. The SMILES string of the molecule is OC[C@]1(Cc2ccc(F)cc2)CN(Cc2nc3c(s2)CCCC3)CC[C@@H]1O. The van der Waals surface area contributed by atoms with Crippen molar-refractivity contribution in [1.29, 1.82) is 0 Å². The first-order chi connectivity index (χ1) is 13.1. The number of halogens is 1. The van der Waals surface area contributed by atoms with Crippen LogP contribution in [0.3, 0.4) is 0 Å². The Morgan fingerprint density at radius 2 is 2.00 bits per heavy atom. The maximum atomic E-state index is 13.2. The van der Waals surface area contributed by atoms with E-state index in [2.05, 4.69) is 4.90 Å². The molecule has 27 heavy (non-hydrogen) atoms. The van der Waals surface area contributed by atoms with Crippen molar-refractivity contribution in [2.75, 3.05) is 19.7 Å². The molecular weight excluding hydrogens is 363 g/mol. The zero-order valence-corrected chi connectivity index (χ0v) is 16.3. The number of nitrogens with zero attached hydrogens (tertiary/aromatic N) is 2. The summed E-state index contributed by atoms with van der Waals surface area (Å²) in [6.07, 6.45) is 5.34. The van der Waals surface area contributed by atoms with Crippen LogP contribution in [0.2, 0.25) is 0 Å². The van der Waals surface area contributed by atoms with E-state index in [1.165, 1.54) is 35.5 Å². The summed E-state index contributed by atoms with van der Waals surface area (Å²) in [6.45, 7) is 2.11. The molecule has 2 aliphatic rings. The lowest BCUT2D eigenvalue weighted by Crippen LogP contribution is -2.54. The van der Waals surface area contributed by atoms with E-state index in [0.717, 1.165) is 36.5 Å². The van der Waals surface area contributed by atoms with Gasteiger partial charge in [-0.3, -0.25) is 4.90 Å². The first kappa shape index (κ1) is 19.0. The Morgan fingerprint density at radius 3 is 2.74 bits per heavy atom. The molecule has 2 N–H and O–H groups in total. The Balaban J connectivity index is 1.48. The van der Waals surface area contributed by atoms with Gasteiger partial charge in [0.15, 0.2) is 0 Å². The van der Waals surface area contributed by atoms with Crippen LogP contribution in [0.4, 0.5) is 4.39 Å². The van der Waals surface area contributed by atoms with Crippen molar-refractivity contribution < 1.29 is 14.6 Å². The third kappa shape index (κ3) is 4.09. The van der Waals surface area contributed by atoms with Gasteiger partial charge in [-0.1, -0.05) is 12.1 Å². The molecule has 4 nitrogen and oxygen atoms in total. The maximum absolute atomic E-state index is 13.2. The Kier molecular flexibility index (Phi) is 5.60. The first-order valence-electron chi connectivity index (χ1n) is 9.81. The summed E-state index contributed by atoms with van der Waals surface area (Å²) < 4.78 is 13.2. The minimum absolute atomic E-state index is 0.0869. The minimum Gasteiger partial charge on any atom is -0.396 e. The molecule has 6 heteroatoms. The fourth-order valence-corrected chi connectivity index (χ4v) is 5.63.